The van der Waals surface area contributed by atoms with Gasteiger partial charge in [0.2, 0.25) is 0 Å². The third-order valence-electron chi connectivity index (χ3n) is 3.28. The lowest BCUT2D eigenvalue weighted by molar-refractivity contribution is 0.101. The number of hydrogen-bond donors (Lipinski definition) is 1. The summed E-state index contributed by atoms with van der Waals surface area (Å²) >= 11 is 0. The second-order valence-corrected chi connectivity index (χ2v) is 5.02. The fourth-order valence-corrected chi connectivity index (χ4v) is 2.15. The quantitative estimate of drug-likeness (QED) is 0.797. The fraction of sp³-hybridized carbons (Fsp3) is 0.286. The molecule has 0 fully saturated rings. The molecule has 6 nitrogen and oxygen atoms in total. The number of furan rings is 1. The van der Waals surface area contributed by atoms with Crippen molar-refractivity contribution in [3.05, 3.63) is 36.5 Å². The van der Waals surface area contributed by atoms with Crippen LogP contribution in [0.15, 0.2) is 35.2 Å². The molecule has 20 heavy (non-hydrogen) atoms. The molecule has 0 radical (unpaired) electrons. The summed E-state index contributed by atoms with van der Waals surface area (Å²) in [5.41, 5.74) is 2.83. The van der Waals surface area contributed by atoms with Crippen molar-refractivity contribution in [1.29, 1.82) is 0 Å². The molecule has 3 rings (SSSR count). The minimum absolute atomic E-state index is 0.179. The molecule has 6 heteroatoms. The number of hydrogen-bond acceptors (Lipinski definition) is 3. The Morgan fingerprint density at radius 3 is 2.90 bits per heavy atom. The second-order valence-electron chi connectivity index (χ2n) is 5.02. The van der Waals surface area contributed by atoms with Crippen molar-refractivity contribution in [2.45, 2.75) is 19.9 Å². The van der Waals surface area contributed by atoms with Gasteiger partial charge in [-0.2, -0.15) is 5.10 Å². The predicted molar refractivity (Wildman–Crippen MR) is 75.8 cm³/mol. The standard InChI is InChI=1S/C14H16N4O2/c1-9(2)18-8-10(7-15-18)16-14(19)12-6-13-11(17(12)3)4-5-20-13/h4-9H,1-3H3,(H,16,19). The molecule has 0 aliphatic rings. The fourth-order valence-electron chi connectivity index (χ4n) is 2.15. The van der Waals surface area contributed by atoms with Crippen molar-refractivity contribution < 1.29 is 9.21 Å². The normalized spacial score (nSPS) is 11.4. The van der Waals surface area contributed by atoms with Crippen molar-refractivity contribution in [2.75, 3.05) is 5.32 Å². The molecule has 104 valence electrons. The van der Waals surface area contributed by atoms with Gasteiger partial charge in [-0.05, 0) is 13.8 Å². The minimum Gasteiger partial charge on any atom is -0.463 e. The number of carbonyl (C=O) groups excluding carboxylic acids is 1. The number of fused-ring (bicyclic) bond motifs is 1. The van der Waals surface area contributed by atoms with Gasteiger partial charge in [0.05, 0.1) is 23.7 Å². The number of aryl methyl sites for hydroxylation is 1. The number of nitrogens with zero attached hydrogens (tertiary/aromatic N) is 3. The zero-order valence-corrected chi connectivity index (χ0v) is 11.6. The van der Waals surface area contributed by atoms with Crippen LogP contribution >= 0.6 is 0 Å². The Morgan fingerprint density at radius 2 is 2.25 bits per heavy atom. The second kappa shape index (κ2) is 4.56. The first kappa shape index (κ1) is 12.5. The van der Waals surface area contributed by atoms with Crippen LogP contribution in [0.2, 0.25) is 0 Å². The van der Waals surface area contributed by atoms with E-state index in [0.717, 1.165) is 5.52 Å². The van der Waals surface area contributed by atoms with E-state index < -0.39 is 0 Å². The summed E-state index contributed by atoms with van der Waals surface area (Å²) in [4.78, 5) is 12.3. The van der Waals surface area contributed by atoms with Gasteiger partial charge in [-0.25, -0.2) is 0 Å². The van der Waals surface area contributed by atoms with Crippen LogP contribution in [-0.2, 0) is 7.05 Å². The minimum atomic E-state index is -0.179. The van der Waals surface area contributed by atoms with Gasteiger partial charge in [-0.15, -0.1) is 0 Å². The monoisotopic (exact) mass is 272 g/mol. The van der Waals surface area contributed by atoms with Crippen molar-refractivity contribution in [3.63, 3.8) is 0 Å². The maximum absolute atomic E-state index is 12.3. The molecule has 0 saturated heterocycles. The van der Waals surface area contributed by atoms with Crippen LogP contribution in [0.25, 0.3) is 11.1 Å². The Hall–Kier alpha value is -2.50. The number of carbonyl (C=O) groups is 1. The van der Waals surface area contributed by atoms with Crippen molar-refractivity contribution in [3.8, 4) is 0 Å². The summed E-state index contributed by atoms with van der Waals surface area (Å²) in [7, 11) is 1.84. The van der Waals surface area contributed by atoms with E-state index in [0.29, 0.717) is 17.0 Å². The van der Waals surface area contributed by atoms with Gasteiger partial charge >= 0.3 is 0 Å². The zero-order chi connectivity index (χ0) is 14.3. The van der Waals surface area contributed by atoms with Crippen LogP contribution < -0.4 is 5.32 Å². The van der Waals surface area contributed by atoms with Gasteiger partial charge in [-0.1, -0.05) is 0 Å². The SMILES string of the molecule is CC(C)n1cc(NC(=O)c2cc3occc3n2C)cn1. The first-order valence-electron chi connectivity index (χ1n) is 6.44. The first-order valence-corrected chi connectivity index (χ1v) is 6.44. The molecule has 0 saturated carbocycles. The Labute approximate surface area is 116 Å². The average Bonchev–Trinajstić information content (AvgIpc) is 3.07. The predicted octanol–water partition coefficient (Wildman–Crippen LogP) is 2.80. The summed E-state index contributed by atoms with van der Waals surface area (Å²) in [6.07, 6.45) is 5.07. The number of rotatable bonds is 3. The summed E-state index contributed by atoms with van der Waals surface area (Å²) in [6, 6.07) is 3.83. The largest absolute Gasteiger partial charge is 0.463 e. The number of aromatic nitrogens is 3. The van der Waals surface area contributed by atoms with Crippen LogP contribution in [0.3, 0.4) is 0 Å². The molecule has 1 N–H and O–H groups in total. The lowest BCUT2D eigenvalue weighted by atomic mass is 10.4. The Bertz CT molecular complexity index is 763. The molecule has 0 aliphatic carbocycles. The molecular formula is C14H16N4O2. The molecule has 0 unspecified atom stereocenters. The third-order valence-corrected chi connectivity index (χ3v) is 3.28. The number of amides is 1. The molecule has 3 aromatic rings. The Balaban J connectivity index is 1.84. The van der Waals surface area contributed by atoms with E-state index in [9.17, 15) is 4.79 Å². The Kier molecular flexibility index (Phi) is 2.85. The molecule has 1 amide bonds. The van der Waals surface area contributed by atoms with Crippen LogP contribution in [0.5, 0.6) is 0 Å². The molecule has 0 aliphatic heterocycles. The maximum atomic E-state index is 12.3. The molecular weight excluding hydrogens is 256 g/mol. The van der Waals surface area contributed by atoms with Gasteiger partial charge in [0, 0.05) is 31.4 Å². The van der Waals surface area contributed by atoms with Crippen LogP contribution in [0, 0.1) is 0 Å². The molecule has 0 atom stereocenters. The highest BCUT2D eigenvalue weighted by molar-refractivity contribution is 6.05. The highest BCUT2D eigenvalue weighted by Crippen LogP contribution is 2.20. The van der Waals surface area contributed by atoms with Gasteiger partial charge in [0.25, 0.3) is 5.91 Å². The van der Waals surface area contributed by atoms with E-state index in [1.807, 2.05) is 33.2 Å². The summed E-state index contributed by atoms with van der Waals surface area (Å²) in [5, 5.41) is 7.03. The summed E-state index contributed by atoms with van der Waals surface area (Å²) < 4.78 is 8.90. The van der Waals surface area contributed by atoms with E-state index in [1.54, 1.807) is 27.8 Å². The van der Waals surface area contributed by atoms with Crippen LogP contribution in [0.4, 0.5) is 5.69 Å². The van der Waals surface area contributed by atoms with E-state index in [4.69, 9.17) is 4.42 Å². The summed E-state index contributed by atoms with van der Waals surface area (Å²) in [6.45, 7) is 4.06. The van der Waals surface area contributed by atoms with Gasteiger partial charge in [-0.3, -0.25) is 9.48 Å². The van der Waals surface area contributed by atoms with Gasteiger partial charge < -0.3 is 14.3 Å². The van der Waals surface area contributed by atoms with Crippen LogP contribution in [-0.4, -0.2) is 20.3 Å². The summed E-state index contributed by atoms with van der Waals surface area (Å²) in [5.74, 6) is -0.179. The number of nitrogens with one attached hydrogen (secondary N) is 1. The van der Waals surface area contributed by atoms with E-state index in [2.05, 4.69) is 10.4 Å². The van der Waals surface area contributed by atoms with Crippen molar-refractivity contribution in [1.82, 2.24) is 14.3 Å². The lowest BCUT2D eigenvalue weighted by Crippen LogP contribution is -2.15. The molecule has 3 heterocycles. The first-order chi connectivity index (χ1) is 9.56. The molecule has 0 spiro atoms. The van der Waals surface area contributed by atoms with E-state index in [1.165, 1.54) is 0 Å². The maximum Gasteiger partial charge on any atom is 0.272 e. The van der Waals surface area contributed by atoms with Crippen molar-refractivity contribution >= 4 is 22.7 Å². The van der Waals surface area contributed by atoms with E-state index in [-0.39, 0.29) is 11.9 Å². The average molecular weight is 272 g/mol. The smallest absolute Gasteiger partial charge is 0.272 e. The zero-order valence-electron chi connectivity index (χ0n) is 11.6. The van der Waals surface area contributed by atoms with Crippen molar-refractivity contribution in [2.24, 2.45) is 7.05 Å². The molecule has 0 aromatic carbocycles. The Morgan fingerprint density at radius 1 is 1.45 bits per heavy atom. The molecule has 0 bridgehead atoms. The lowest BCUT2D eigenvalue weighted by Gasteiger charge is -2.05. The topological polar surface area (TPSA) is 65.0 Å². The number of anilines is 1. The van der Waals surface area contributed by atoms with E-state index >= 15 is 0 Å². The van der Waals surface area contributed by atoms with Gasteiger partial charge in [0.15, 0.2) is 5.58 Å². The highest BCUT2D eigenvalue weighted by atomic mass is 16.3. The third kappa shape index (κ3) is 1.99. The van der Waals surface area contributed by atoms with Crippen LogP contribution in [0.1, 0.15) is 30.4 Å². The van der Waals surface area contributed by atoms with Gasteiger partial charge in [0.1, 0.15) is 5.69 Å². The highest BCUT2D eigenvalue weighted by Gasteiger charge is 2.15. The molecule has 3 aromatic heterocycles.